The molecule has 1 saturated heterocycles. The monoisotopic (exact) mass is 298 g/mol. The average molecular weight is 298 g/mol. The zero-order valence-electron chi connectivity index (χ0n) is 13.3. The van der Waals surface area contributed by atoms with Gasteiger partial charge in [-0.15, -0.1) is 0 Å². The molecule has 3 rings (SSSR count). The van der Waals surface area contributed by atoms with Crippen LogP contribution in [0.4, 0.5) is 10.1 Å². The van der Waals surface area contributed by atoms with Crippen molar-refractivity contribution in [1.82, 2.24) is 4.90 Å². The van der Waals surface area contributed by atoms with Gasteiger partial charge in [0.05, 0.1) is 0 Å². The van der Waals surface area contributed by atoms with E-state index < -0.39 is 0 Å². The highest BCUT2D eigenvalue weighted by molar-refractivity contribution is 5.46. The Morgan fingerprint density at radius 1 is 0.909 bits per heavy atom. The number of nitrogens with zero attached hydrogens (tertiary/aromatic N) is 2. The molecule has 0 N–H and O–H groups in total. The van der Waals surface area contributed by atoms with Crippen molar-refractivity contribution in [3.05, 3.63) is 65.0 Å². The second-order valence-electron chi connectivity index (χ2n) is 6.17. The van der Waals surface area contributed by atoms with Gasteiger partial charge < -0.3 is 4.90 Å². The van der Waals surface area contributed by atoms with Crippen molar-refractivity contribution in [2.75, 3.05) is 31.1 Å². The predicted octanol–water partition coefficient (Wildman–Crippen LogP) is 3.76. The van der Waals surface area contributed by atoms with Crippen molar-refractivity contribution in [1.29, 1.82) is 0 Å². The number of halogens is 1. The van der Waals surface area contributed by atoms with Crippen LogP contribution < -0.4 is 4.90 Å². The molecule has 0 atom stereocenters. The zero-order valence-corrected chi connectivity index (χ0v) is 13.3. The number of anilines is 1. The topological polar surface area (TPSA) is 6.48 Å². The first-order valence-electron chi connectivity index (χ1n) is 7.91. The van der Waals surface area contributed by atoms with E-state index in [0.717, 1.165) is 38.4 Å². The highest BCUT2D eigenvalue weighted by Crippen LogP contribution is 2.19. The minimum atomic E-state index is -0.169. The molecular weight excluding hydrogens is 275 g/mol. The lowest BCUT2D eigenvalue weighted by atomic mass is 10.1. The van der Waals surface area contributed by atoms with Crippen molar-refractivity contribution >= 4 is 5.69 Å². The molecule has 0 amide bonds. The van der Waals surface area contributed by atoms with Gasteiger partial charge in [0.1, 0.15) is 5.82 Å². The first-order valence-corrected chi connectivity index (χ1v) is 7.91. The van der Waals surface area contributed by atoms with Gasteiger partial charge in [0.25, 0.3) is 0 Å². The summed E-state index contributed by atoms with van der Waals surface area (Å²) >= 11 is 0. The Kier molecular flexibility index (Phi) is 4.44. The molecule has 22 heavy (non-hydrogen) atoms. The standard InChI is InChI=1S/C19H23FN2/c1-15-3-4-17(16(2)13-15)14-21-9-11-22(12-10-21)19-7-5-18(20)6-8-19/h3-8,13H,9-12,14H2,1-2H3. The number of hydrogen-bond donors (Lipinski definition) is 0. The molecule has 0 spiro atoms. The van der Waals surface area contributed by atoms with Crippen LogP contribution in [0.5, 0.6) is 0 Å². The Bertz CT molecular complexity index is 628. The SMILES string of the molecule is Cc1ccc(CN2CCN(c3ccc(F)cc3)CC2)c(C)c1. The molecule has 1 aliphatic heterocycles. The van der Waals surface area contributed by atoms with Crippen LogP contribution in [0, 0.1) is 19.7 Å². The number of rotatable bonds is 3. The lowest BCUT2D eigenvalue weighted by Gasteiger charge is -2.36. The summed E-state index contributed by atoms with van der Waals surface area (Å²) in [4.78, 5) is 4.83. The Labute approximate surface area is 132 Å². The summed E-state index contributed by atoms with van der Waals surface area (Å²) in [6, 6.07) is 13.5. The molecule has 116 valence electrons. The summed E-state index contributed by atoms with van der Waals surface area (Å²) in [6.07, 6.45) is 0. The fourth-order valence-electron chi connectivity index (χ4n) is 3.08. The number of benzene rings is 2. The van der Waals surface area contributed by atoms with E-state index in [1.54, 1.807) is 0 Å². The highest BCUT2D eigenvalue weighted by Gasteiger charge is 2.17. The molecule has 0 radical (unpaired) electrons. The van der Waals surface area contributed by atoms with Gasteiger partial charge in [-0.05, 0) is 49.2 Å². The zero-order chi connectivity index (χ0) is 15.5. The molecule has 2 aromatic carbocycles. The molecule has 2 aromatic rings. The van der Waals surface area contributed by atoms with Crippen LogP contribution in [-0.4, -0.2) is 31.1 Å². The van der Waals surface area contributed by atoms with Crippen molar-refractivity contribution in [3.8, 4) is 0 Å². The van der Waals surface area contributed by atoms with E-state index in [-0.39, 0.29) is 5.82 Å². The third-order valence-corrected chi connectivity index (χ3v) is 4.46. The third-order valence-electron chi connectivity index (χ3n) is 4.46. The van der Waals surface area contributed by atoms with Crippen LogP contribution >= 0.6 is 0 Å². The van der Waals surface area contributed by atoms with Crippen LogP contribution in [0.1, 0.15) is 16.7 Å². The molecule has 0 bridgehead atoms. The Morgan fingerprint density at radius 3 is 2.23 bits per heavy atom. The normalized spacial score (nSPS) is 16.0. The van der Waals surface area contributed by atoms with E-state index in [4.69, 9.17) is 0 Å². The molecule has 0 aliphatic carbocycles. The lowest BCUT2D eigenvalue weighted by molar-refractivity contribution is 0.249. The Morgan fingerprint density at radius 2 is 1.59 bits per heavy atom. The molecular formula is C19H23FN2. The smallest absolute Gasteiger partial charge is 0.123 e. The van der Waals surface area contributed by atoms with Gasteiger partial charge in [0.15, 0.2) is 0 Å². The summed E-state index contributed by atoms with van der Waals surface area (Å²) in [6.45, 7) is 9.43. The van der Waals surface area contributed by atoms with Gasteiger partial charge in [0, 0.05) is 38.4 Å². The van der Waals surface area contributed by atoms with Crippen molar-refractivity contribution in [2.24, 2.45) is 0 Å². The van der Waals surface area contributed by atoms with Crippen LogP contribution in [0.3, 0.4) is 0 Å². The van der Waals surface area contributed by atoms with Gasteiger partial charge in [-0.1, -0.05) is 23.8 Å². The fourth-order valence-corrected chi connectivity index (χ4v) is 3.08. The maximum absolute atomic E-state index is 13.0. The molecule has 0 unspecified atom stereocenters. The van der Waals surface area contributed by atoms with Crippen molar-refractivity contribution in [3.63, 3.8) is 0 Å². The molecule has 0 saturated carbocycles. The highest BCUT2D eigenvalue weighted by atomic mass is 19.1. The summed E-state index contributed by atoms with van der Waals surface area (Å²) in [5, 5.41) is 0. The first kappa shape index (κ1) is 15.0. The van der Waals surface area contributed by atoms with Gasteiger partial charge in [-0.25, -0.2) is 4.39 Å². The van der Waals surface area contributed by atoms with E-state index in [1.165, 1.54) is 28.8 Å². The minimum absolute atomic E-state index is 0.169. The second-order valence-corrected chi connectivity index (χ2v) is 6.17. The number of aryl methyl sites for hydroxylation is 2. The van der Waals surface area contributed by atoms with Gasteiger partial charge >= 0.3 is 0 Å². The van der Waals surface area contributed by atoms with E-state index in [2.05, 4.69) is 41.8 Å². The molecule has 1 heterocycles. The van der Waals surface area contributed by atoms with E-state index >= 15 is 0 Å². The Hall–Kier alpha value is -1.87. The maximum Gasteiger partial charge on any atom is 0.123 e. The maximum atomic E-state index is 13.0. The molecule has 2 nitrogen and oxygen atoms in total. The number of piperazine rings is 1. The first-order chi connectivity index (χ1) is 10.6. The quantitative estimate of drug-likeness (QED) is 0.851. The molecule has 1 fully saturated rings. The second kappa shape index (κ2) is 6.49. The number of hydrogen-bond acceptors (Lipinski definition) is 2. The molecule has 0 aromatic heterocycles. The van der Waals surface area contributed by atoms with Crippen LogP contribution in [0.15, 0.2) is 42.5 Å². The van der Waals surface area contributed by atoms with Crippen molar-refractivity contribution in [2.45, 2.75) is 20.4 Å². The van der Waals surface area contributed by atoms with Crippen molar-refractivity contribution < 1.29 is 4.39 Å². The van der Waals surface area contributed by atoms with Crippen LogP contribution in [-0.2, 0) is 6.54 Å². The van der Waals surface area contributed by atoms with E-state index in [1.807, 2.05) is 12.1 Å². The lowest BCUT2D eigenvalue weighted by Crippen LogP contribution is -2.46. The largest absolute Gasteiger partial charge is 0.369 e. The molecule has 1 aliphatic rings. The third kappa shape index (κ3) is 3.47. The van der Waals surface area contributed by atoms with Crippen LogP contribution in [0.25, 0.3) is 0 Å². The summed E-state index contributed by atoms with van der Waals surface area (Å²) < 4.78 is 13.0. The fraction of sp³-hybridized carbons (Fsp3) is 0.368. The van der Waals surface area contributed by atoms with E-state index in [9.17, 15) is 4.39 Å². The summed E-state index contributed by atoms with van der Waals surface area (Å²) in [7, 11) is 0. The van der Waals surface area contributed by atoms with Gasteiger partial charge in [-0.2, -0.15) is 0 Å². The van der Waals surface area contributed by atoms with E-state index in [0.29, 0.717) is 0 Å². The average Bonchev–Trinajstić information content (AvgIpc) is 2.52. The van der Waals surface area contributed by atoms with Crippen LogP contribution in [0.2, 0.25) is 0 Å². The summed E-state index contributed by atoms with van der Waals surface area (Å²) in [5.41, 5.74) is 5.23. The van der Waals surface area contributed by atoms with Gasteiger partial charge in [0.2, 0.25) is 0 Å². The van der Waals surface area contributed by atoms with Gasteiger partial charge in [-0.3, -0.25) is 4.90 Å². The minimum Gasteiger partial charge on any atom is -0.369 e. The Balaban J connectivity index is 1.58. The summed E-state index contributed by atoms with van der Waals surface area (Å²) in [5.74, 6) is -0.169. The molecule has 3 heteroatoms. The predicted molar refractivity (Wildman–Crippen MR) is 89.8 cm³/mol.